The van der Waals surface area contributed by atoms with E-state index in [0.717, 1.165) is 12.0 Å². The maximum absolute atomic E-state index is 11.6. The highest BCUT2D eigenvalue weighted by Crippen LogP contribution is 2.20. The zero-order valence-corrected chi connectivity index (χ0v) is 11.9. The molecular formula is C13H16Cl2N2O2. The molecule has 104 valence electrons. The number of benzene rings is 1. The number of nitrogens with one attached hydrogen (secondary N) is 2. The van der Waals surface area contributed by atoms with Crippen molar-refractivity contribution in [2.45, 2.75) is 18.9 Å². The van der Waals surface area contributed by atoms with Crippen molar-refractivity contribution in [2.75, 3.05) is 19.8 Å². The molecule has 0 saturated carbocycles. The first kappa shape index (κ1) is 14.4. The molecule has 1 aromatic carbocycles. The molecule has 1 atom stereocenters. The Morgan fingerprint density at radius 3 is 2.95 bits per heavy atom. The molecule has 6 heteroatoms. The lowest BCUT2D eigenvalue weighted by atomic mass is 10.1. The summed E-state index contributed by atoms with van der Waals surface area (Å²) in [6.07, 6.45) is 1.54. The van der Waals surface area contributed by atoms with Crippen LogP contribution in [0.2, 0.25) is 10.0 Å². The fourth-order valence-corrected chi connectivity index (χ4v) is 2.42. The topological polar surface area (TPSA) is 50.4 Å². The maximum Gasteiger partial charge on any atom is 0.315 e. The summed E-state index contributed by atoms with van der Waals surface area (Å²) in [4.78, 5) is 11.6. The summed E-state index contributed by atoms with van der Waals surface area (Å²) in [7, 11) is 0. The van der Waals surface area contributed by atoms with E-state index in [1.54, 1.807) is 12.1 Å². The third-order valence-corrected chi connectivity index (χ3v) is 3.55. The summed E-state index contributed by atoms with van der Waals surface area (Å²) < 4.78 is 5.19. The molecule has 0 bridgehead atoms. The lowest BCUT2D eigenvalue weighted by molar-refractivity contribution is 0.188. The van der Waals surface area contributed by atoms with Crippen molar-refractivity contribution in [2.24, 2.45) is 0 Å². The van der Waals surface area contributed by atoms with E-state index in [-0.39, 0.29) is 12.1 Å². The van der Waals surface area contributed by atoms with Crippen LogP contribution in [0.5, 0.6) is 0 Å². The number of halogens is 2. The minimum atomic E-state index is -0.166. The van der Waals surface area contributed by atoms with Gasteiger partial charge in [-0.3, -0.25) is 0 Å². The van der Waals surface area contributed by atoms with Gasteiger partial charge in [0.15, 0.2) is 0 Å². The van der Waals surface area contributed by atoms with Crippen molar-refractivity contribution in [1.82, 2.24) is 10.6 Å². The largest absolute Gasteiger partial charge is 0.379 e. The molecule has 0 aliphatic carbocycles. The first-order valence-corrected chi connectivity index (χ1v) is 6.97. The van der Waals surface area contributed by atoms with E-state index in [2.05, 4.69) is 10.6 Å². The summed E-state index contributed by atoms with van der Waals surface area (Å²) in [6.45, 7) is 1.84. The average molecular weight is 303 g/mol. The molecule has 1 aliphatic rings. The maximum atomic E-state index is 11.6. The number of carbonyl (C=O) groups is 1. The molecule has 2 rings (SSSR count). The number of amides is 2. The van der Waals surface area contributed by atoms with Crippen LogP contribution >= 0.6 is 23.2 Å². The van der Waals surface area contributed by atoms with E-state index in [9.17, 15) is 4.79 Å². The normalized spacial score (nSPS) is 18.3. The van der Waals surface area contributed by atoms with Crippen LogP contribution < -0.4 is 10.6 Å². The first-order chi connectivity index (χ1) is 9.15. The van der Waals surface area contributed by atoms with Gasteiger partial charge in [-0.1, -0.05) is 29.3 Å². The molecular weight excluding hydrogens is 287 g/mol. The molecule has 1 saturated heterocycles. The van der Waals surface area contributed by atoms with E-state index < -0.39 is 0 Å². The molecule has 1 aromatic rings. The van der Waals surface area contributed by atoms with E-state index in [4.69, 9.17) is 27.9 Å². The fourth-order valence-electron chi connectivity index (χ4n) is 1.92. The van der Waals surface area contributed by atoms with Gasteiger partial charge in [0, 0.05) is 23.2 Å². The average Bonchev–Trinajstić information content (AvgIpc) is 2.84. The molecule has 0 aromatic heterocycles. The zero-order chi connectivity index (χ0) is 13.7. The van der Waals surface area contributed by atoms with Crippen molar-refractivity contribution in [1.29, 1.82) is 0 Å². The Bertz CT molecular complexity index is 448. The lowest BCUT2D eigenvalue weighted by Gasteiger charge is -2.12. The van der Waals surface area contributed by atoms with Crippen LogP contribution in [0.3, 0.4) is 0 Å². The monoisotopic (exact) mass is 302 g/mol. The van der Waals surface area contributed by atoms with Crippen molar-refractivity contribution in [3.63, 3.8) is 0 Å². The Morgan fingerprint density at radius 2 is 2.26 bits per heavy atom. The van der Waals surface area contributed by atoms with Gasteiger partial charge in [0.05, 0.1) is 12.6 Å². The zero-order valence-electron chi connectivity index (χ0n) is 10.4. The molecule has 1 unspecified atom stereocenters. The molecule has 2 N–H and O–H groups in total. The Morgan fingerprint density at radius 1 is 1.42 bits per heavy atom. The highest BCUT2D eigenvalue weighted by molar-refractivity contribution is 6.35. The van der Waals surface area contributed by atoms with Crippen molar-refractivity contribution < 1.29 is 9.53 Å². The third-order valence-electron chi connectivity index (χ3n) is 2.96. The van der Waals surface area contributed by atoms with E-state index in [1.165, 1.54) is 0 Å². The summed E-state index contributed by atoms with van der Waals surface area (Å²) in [6, 6.07) is 5.32. The van der Waals surface area contributed by atoms with Crippen LogP contribution in [-0.2, 0) is 11.2 Å². The number of hydrogen-bond acceptors (Lipinski definition) is 2. The standard InChI is InChI=1S/C13H16Cl2N2O2/c14-10-2-1-9(12(15)7-10)3-5-16-13(18)17-11-4-6-19-8-11/h1-2,7,11H,3-6,8H2,(H2,16,17,18). The molecule has 2 amide bonds. The van der Waals surface area contributed by atoms with Crippen LogP contribution in [0, 0.1) is 0 Å². The molecule has 1 heterocycles. The molecule has 1 fully saturated rings. The summed E-state index contributed by atoms with van der Waals surface area (Å²) in [5.41, 5.74) is 0.968. The molecule has 0 spiro atoms. The van der Waals surface area contributed by atoms with Crippen molar-refractivity contribution >= 4 is 29.2 Å². The van der Waals surface area contributed by atoms with Gasteiger partial charge in [0.2, 0.25) is 0 Å². The van der Waals surface area contributed by atoms with Gasteiger partial charge in [0.1, 0.15) is 0 Å². The predicted octanol–water partition coefficient (Wildman–Crippen LogP) is 2.62. The minimum absolute atomic E-state index is 0.124. The minimum Gasteiger partial charge on any atom is -0.379 e. The Hall–Kier alpha value is -0.970. The van der Waals surface area contributed by atoms with E-state index in [1.807, 2.05) is 6.07 Å². The van der Waals surface area contributed by atoms with Gasteiger partial charge in [-0.25, -0.2) is 4.79 Å². The quantitative estimate of drug-likeness (QED) is 0.898. The van der Waals surface area contributed by atoms with Crippen LogP contribution in [0.1, 0.15) is 12.0 Å². The van der Waals surface area contributed by atoms with Gasteiger partial charge < -0.3 is 15.4 Å². The Balaban J connectivity index is 1.72. The number of carbonyl (C=O) groups excluding carboxylic acids is 1. The predicted molar refractivity (Wildman–Crippen MR) is 75.9 cm³/mol. The van der Waals surface area contributed by atoms with Gasteiger partial charge in [-0.05, 0) is 30.5 Å². The second kappa shape index (κ2) is 6.98. The number of rotatable bonds is 4. The fraction of sp³-hybridized carbons (Fsp3) is 0.462. The highest BCUT2D eigenvalue weighted by Gasteiger charge is 2.17. The summed E-state index contributed by atoms with van der Waals surface area (Å²) >= 11 is 11.9. The van der Waals surface area contributed by atoms with Gasteiger partial charge in [0.25, 0.3) is 0 Å². The van der Waals surface area contributed by atoms with Crippen LogP contribution in [0.25, 0.3) is 0 Å². The van der Waals surface area contributed by atoms with Gasteiger partial charge in [-0.15, -0.1) is 0 Å². The third kappa shape index (κ3) is 4.56. The second-order valence-corrected chi connectivity index (χ2v) is 5.29. The van der Waals surface area contributed by atoms with Gasteiger partial charge in [-0.2, -0.15) is 0 Å². The number of ether oxygens (including phenoxy) is 1. The highest BCUT2D eigenvalue weighted by atomic mass is 35.5. The number of urea groups is 1. The SMILES string of the molecule is O=C(NCCc1ccc(Cl)cc1Cl)NC1CCOC1. The van der Waals surface area contributed by atoms with Crippen molar-refractivity contribution in [3.05, 3.63) is 33.8 Å². The smallest absolute Gasteiger partial charge is 0.315 e. The van der Waals surface area contributed by atoms with Crippen LogP contribution in [0.15, 0.2) is 18.2 Å². The van der Waals surface area contributed by atoms with Crippen LogP contribution in [-0.4, -0.2) is 31.8 Å². The van der Waals surface area contributed by atoms with E-state index in [0.29, 0.717) is 36.2 Å². The molecule has 1 aliphatic heterocycles. The second-order valence-electron chi connectivity index (χ2n) is 4.45. The summed E-state index contributed by atoms with van der Waals surface area (Å²) in [5, 5.41) is 6.90. The van der Waals surface area contributed by atoms with Crippen LogP contribution in [0.4, 0.5) is 4.79 Å². The lowest BCUT2D eigenvalue weighted by Crippen LogP contribution is -2.42. The molecule has 0 radical (unpaired) electrons. The van der Waals surface area contributed by atoms with Gasteiger partial charge >= 0.3 is 6.03 Å². The molecule has 4 nitrogen and oxygen atoms in total. The Kier molecular flexibility index (Phi) is 5.31. The van der Waals surface area contributed by atoms with Crippen molar-refractivity contribution in [3.8, 4) is 0 Å². The first-order valence-electron chi connectivity index (χ1n) is 6.21. The molecule has 19 heavy (non-hydrogen) atoms. The number of hydrogen-bond donors (Lipinski definition) is 2. The van der Waals surface area contributed by atoms with E-state index >= 15 is 0 Å². The summed E-state index contributed by atoms with van der Waals surface area (Å²) in [5.74, 6) is 0. The Labute approximate surface area is 122 Å².